The Labute approximate surface area is 222 Å². The molecule has 0 saturated carbocycles. The summed E-state index contributed by atoms with van der Waals surface area (Å²) in [7, 11) is 1.59. The predicted molar refractivity (Wildman–Crippen MR) is 147 cm³/mol. The highest BCUT2D eigenvalue weighted by atomic mass is 16.5. The second-order valence-electron chi connectivity index (χ2n) is 9.73. The van der Waals surface area contributed by atoms with E-state index in [1.165, 1.54) is 0 Å². The van der Waals surface area contributed by atoms with Crippen molar-refractivity contribution in [1.29, 1.82) is 5.26 Å². The lowest BCUT2D eigenvalue weighted by Gasteiger charge is -2.40. The van der Waals surface area contributed by atoms with E-state index in [0.717, 1.165) is 76.3 Å². The molecule has 10 nitrogen and oxygen atoms in total. The van der Waals surface area contributed by atoms with Gasteiger partial charge in [-0.05, 0) is 37.5 Å². The Morgan fingerprint density at radius 1 is 1.21 bits per heavy atom. The Hall–Kier alpha value is -3.81. The van der Waals surface area contributed by atoms with Crippen LogP contribution >= 0.6 is 0 Å². The SMILES string of the molecule is CCCNc1cc(Nc2ccc(C(=O)N3CCC(N4CCOCC4)CC3)cc2OC)nc2[nH]cc(C#N)c12. The molecule has 0 spiro atoms. The molecule has 0 unspecified atom stereocenters. The summed E-state index contributed by atoms with van der Waals surface area (Å²) in [6.45, 7) is 7.92. The highest BCUT2D eigenvalue weighted by Crippen LogP contribution is 2.33. The van der Waals surface area contributed by atoms with E-state index >= 15 is 0 Å². The molecule has 0 aliphatic carbocycles. The first-order valence-corrected chi connectivity index (χ1v) is 13.3. The third-order valence-electron chi connectivity index (χ3n) is 7.35. The van der Waals surface area contributed by atoms with E-state index in [1.807, 2.05) is 23.1 Å². The van der Waals surface area contributed by atoms with E-state index in [1.54, 1.807) is 19.4 Å². The van der Waals surface area contributed by atoms with Crippen LogP contribution in [0, 0.1) is 11.3 Å². The van der Waals surface area contributed by atoms with E-state index in [0.29, 0.717) is 40.1 Å². The number of benzene rings is 1. The molecule has 0 atom stereocenters. The normalized spacial score (nSPS) is 16.8. The highest BCUT2D eigenvalue weighted by molar-refractivity contribution is 5.97. The van der Waals surface area contributed by atoms with E-state index in [2.05, 4.69) is 38.5 Å². The van der Waals surface area contributed by atoms with Gasteiger partial charge in [-0.1, -0.05) is 6.92 Å². The number of likely N-dealkylation sites (tertiary alicyclic amines) is 1. The first-order chi connectivity index (χ1) is 18.6. The van der Waals surface area contributed by atoms with Crippen LogP contribution in [0.5, 0.6) is 5.75 Å². The fourth-order valence-electron chi connectivity index (χ4n) is 5.31. The summed E-state index contributed by atoms with van der Waals surface area (Å²) in [6.07, 6.45) is 4.59. The number of nitrogens with zero attached hydrogens (tertiary/aromatic N) is 4. The van der Waals surface area contributed by atoms with Gasteiger partial charge in [-0.15, -0.1) is 0 Å². The molecule has 1 aromatic carbocycles. The lowest BCUT2D eigenvalue weighted by atomic mass is 10.0. The molecule has 2 aromatic heterocycles. The number of morpholine rings is 1. The number of hydrogen-bond acceptors (Lipinski definition) is 8. The Bertz CT molecular complexity index is 1320. The zero-order valence-electron chi connectivity index (χ0n) is 22.0. The third kappa shape index (κ3) is 5.39. The van der Waals surface area contributed by atoms with Crippen molar-refractivity contribution < 1.29 is 14.3 Å². The van der Waals surface area contributed by atoms with Gasteiger partial charge < -0.3 is 30.0 Å². The van der Waals surface area contributed by atoms with Gasteiger partial charge in [-0.2, -0.15) is 5.26 Å². The lowest BCUT2D eigenvalue weighted by Crippen LogP contribution is -2.50. The van der Waals surface area contributed by atoms with Gasteiger partial charge in [0.1, 0.15) is 23.3 Å². The minimum atomic E-state index is 0.0243. The molecule has 38 heavy (non-hydrogen) atoms. The highest BCUT2D eigenvalue weighted by Gasteiger charge is 2.28. The summed E-state index contributed by atoms with van der Waals surface area (Å²) in [5.74, 6) is 1.19. The number of carbonyl (C=O) groups is 1. The molecule has 0 bridgehead atoms. The molecular weight excluding hydrogens is 482 g/mol. The second kappa shape index (κ2) is 11.7. The number of nitrogens with one attached hydrogen (secondary N) is 3. The number of ether oxygens (including phenoxy) is 2. The fourth-order valence-corrected chi connectivity index (χ4v) is 5.31. The maximum absolute atomic E-state index is 13.3. The molecule has 2 fully saturated rings. The molecule has 0 radical (unpaired) electrons. The van der Waals surface area contributed by atoms with Crippen LogP contribution in [0.25, 0.3) is 11.0 Å². The van der Waals surface area contributed by atoms with Crippen molar-refractivity contribution in [2.45, 2.75) is 32.2 Å². The largest absolute Gasteiger partial charge is 0.495 e. The molecule has 2 aliphatic rings. The van der Waals surface area contributed by atoms with Crippen LogP contribution in [0.4, 0.5) is 17.2 Å². The maximum atomic E-state index is 13.3. The Morgan fingerprint density at radius 3 is 2.71 bits per heavy atom. The number of piperidine rings is 1. The Morgan fingerprint density at radius 2 is 2.00 bits per heavy atom. The van der Waals surface area contributed by atoms with Gasteiger partial charge in [0.25, 0.3) is 5.91 Å². The van der Waals surface area contributed by atoms with Crippen LogP contribution in [-0.4, -0.2) is 84.8 Å². The number of anilines is 3. The molecule has 10 heteroatoms. The van der Waals surface area contributed by atoms with Crippen LogP contribution in [0.2, 0.25) is 0 Å². The van der Waals surface area contributed by atoms with E-state index in [9.17, 15) is 10.1 Å². The van der Waals surface area contributed by atoms with E-state index in [4.69, 9.17) is 9.47 Å². The second-order valence-corrected chi connectivity index (χ2v) is 9.73. The van der Waals surface area contributed by atoms with Gasteiger partial charge in [-0.3, -0.25) is 9.69 Å². The van der Waals surface area contributed by atoms with Crippen LogP contribution < -0.4 is 15.4 Å². The number of carbonyl (C=O) groups excluding carboxylic acids is 1. The smallest absolute Gasteiger partial charge is 0.253 e. The number of nitriles is 1. The first kappa shape index (κ1) is 25.8. The number of rotatable bonds is 8. The van der Waals surface area contributed by atoms with Crippen molar-refractivity contribution in [3.05, 3.63) is 41.6 Å². The molecule has 3 aromatic rings. The van der Waals surface area contributed by atoms with Gasteiger partial charge in [0.05, 0.1) is 42.6 Å². The summed E-state index contributed by atoms with van der Waals surface area (Å²) in [5, 5.41) is 17.0. The molecule has 3 N–H and O–H groups in total. The molecule has 4 heterocycles. The quantitative estimate of drug-likeness (QED) is 0.411. The maximum Gasteiger partial charge on any atom is 0.253 e. The van der Waals surface area contributed by atoms with Crippen molar-refractivity contribution in [2.75, 3.05) is 63.7 Å². The van der Waals surface area contributed by atoms with Gasteiger partial charge in [-0.25, -0.2) is 4.98 Å². The number of pyridine rings is 1. The summed E-state index contributed by atoms with van der Waals surface area (Å²) in [6, 6.07) is 10.1. The number of hydrogen-bond donors (Lipinski definition) is 3. The topological polar surface area (TPSA) is 119 Å². The number of methoxy groups -OCH3 is 1. The molecule has 2 aliphatic heterocycles. The summed E-state index contributed by atoms with van der Waals surface area (Å²) in [5.41, 5.74) is 3.32. The number of H-pyrrole nitrogens is 1. The zero-order chi connectivity index (χ0) is 26.5. The van der Waals surface area contributed by atoms with Gasteiger partial charge in [0.15, 0.2) is 0 Å². The lowest BCUT2D eigenvalue weighted by molar-refractivity contribution is 0.00159. The van der Waals surface area contributed by atoms with Crippen molar-refractivity contribution in [3.8, 4) is 11.8 Å². The summed E-state index contributed by atoms with van der Waals surface area (Å²) >= 11 is 0. The van der Waals surface area contributed by atoms with Gasteiger partial charge >= 0.3 is 0 Å². The van der Waals surface area contributed by atoms with Crippen molar-refractivity contribution >= 4 is 34.1 Å². The van der Waals surface area contributed by atoms with Gasteiger partial charge in [0.2, 0.25) is 0 Å². The standard InChI is InChI=1S/C28H35N7O3/c1-3-8-30-23-16-25(33-27-26(23)20(17-29)18-31-27)32-22-5-4-19(15-24(22)37-2)28(36)35-9-6-21(7-10-35)34-11-13-38-14-12-34/h4-5,15-16,18,21H,3,6-14H2,1-2H3,(H3,30,31,32,33). The minimum Gasteiger partial charge on any atom is -0.495 e. The summed E-state index contributed by atoms with van der Waals surface area (Å²) < 4.78 is 11.1. The minimum absolute atomic E-state index is 0.0243. The fraction of sp³-hybridized carbons (Fsp3) is 0.464. The van der Waals surface area contributed by atoms with Crippen molar-refractivity contribution in [1.82, 2.24) is 19.8 Å². The molecule has 5 rings (SSSR count). The average Bonchev–Trinajstić information content (AvgIpc) is 3.39. The Balaban J connectivity index is 1.30. The van der Waals surface area contributed by atoms with E-state index in [-0.39, 0.29) is 5.91 Å². The van der Waals surface area contributed by atoms with Gasteiger partial charge in [0, 0.05) is 56.6 Å². The monoisotopic (exact) mass is 517 g/mol. The van der Waals surface area contributed by atoms with Crippen LogP contribution in [0.1, 0.15) is 42.1 Å². The molecule has 200 valence electrons. The summed E-state index contributed by atoms with van der Waals surface area (Å²) in [4.78, 5) is 25.5. The van der Waals surface area contributed by atoms with Crippen LogP contribution in [-0.2, 0) is 4.74 Å². The molecule has 2 saturated heterocycles. The number of aromatic amines is 1. The van der Waals surface area contributed by atoms with Crippen molar-refractivity contribution in [2.24, 2.45) is 0 Å². The van der Waals surface area contributed by atoms with Crippen LogP contribution in [0.15, 0.2) is 30.5 Å². The predicted octanol–water partition coefficient (Wildman–Crippen LogP) is 3.95. The van der Waals surface area contributed by atoms with E-state index < -0.39 is 0 Å². The van der Waals surface area contributed by atoms with Crippen molar-refractivity contribution in [3.63, 3.8) is 0 Å². The van der Waals surface area contributed by atoms with Crippen LogP contribution in [0.3, 0.4) is 0 Å². The number of fused-ring (bicyclic) bond motifs is 1. The Kier molecular flexibility index (Phi) is 7.96. The molecular formula is C28H35N7O3. The number of amides is 1. The zero-order valence-corrected chi connectivity index (χ0v) is 22.0. The third-order valence-corrected chi connectivity index (χ3v) is 7.35. The molecule has 1 amide bonds. The first-order valence-electron chi connectivity index (χ1n) is 13.3. The number of aromatic nitrogens is 2. The average molecular weight is 518 g/mol.